The number of carbonyl (C=O) groups is 2. The first-order valence-corrected chi connectivity index (χ1v) is 7.95. The third kappa shape index (κ3) is 4.62. The van der Waals surface area contributed by atoms with E-state index in [4.69, 9.17) is 33.7 Å². The van der Waals surface area contributed by atoms with Gasteiger partial charge < -0.3 is 15.8 Å². The van der Waals surface area contributed by atoms with Crippen LogP contribution in [0.2, 0.25) is 10.0 Å². The van der Waals surface area contributed by atoms with E-state index in [0.29, 0.717) is 0 Å². The van der Waals surface area contributed by atoms with Gasteiger partial charge in [0.15, 0.2) is 6.10 Å². The van der Waals surface area contributed by atoms with Crippen molar-refractivity contribution in [1.82, 2.24) is 0 Å². The molecule has 0 aliphatic heterocycles. The summed E-state index contributed by atoms with van der Waals surface area (Å²) in [5.74, 6) is -1.48. The smallest absolute Gasteiger partial charge is 0.338 e. The van der Waals surface area contributed by atoms with E-state index >= 15 is 0 Å². The van der Waals surface area contributed by atoms with E-state index in [1.165, 1.54) is 37.3 Å². The van der Waals surface area contributed by atoms with Crippen LogP contribution in [0.25, 0.3) is 0 Å². The zero-order valence-corrected chi connectivity index (χ0v) is 14.9. The van der Waals surface area contributed by atoms with Crippen LogP contribution >= 0.6 is 23.2 Å². The molecule has 2 aromatic carbocycles. The van der Waals surface area contributed by atoms with E-state index < -0.39 is 22.9 Å². The molecule has 10 heteroatoms. The summed E-state index contributed by atoms with van der Waals surface area (Å²) in [7, 11) is 0. The second kappa shape index (κ2) is 8.03. The summed E-state index contributed by atoms with van der Waals surface area (Å²) in [6.45, 7) is 1.35. The molecule has 2 rings (SSSR count). The van der Waals surface area contributed by atoms with Gasteiger partial charge in [-0.1, -0.05) is 23.2 Å². The van der Waals surface area contributed by atoms with Crippen LogP contribution in [-0.4, -0.2) is 22.9 Å². The molecule has 2 aromatic rings. The average Bonchev–Trinajstić information content (AvgIpc) is 2.58. The highest BCUT2D eigenvalue weighted by atomic mass is 35.5. The number of benzene rings is 2. The van der Waals surface area contributed by atoms with Gasteiger partial charge in [-0.25, -0.2) is 4.79 Å². The van der Waals surface area contributed by atoms with Crippen LogP contribution in [0.3, 0.4) is 0 Å². The van der Waals surface area contributed by atoms with Gasteiger partial charge in [-0.15, -0.1) is 0 Å². The minimum absolute atomic E-state index is 0.0319. The maximum atomic E-state index is 12.2. The van der Waals surface area contributed by atoms with E-state index in [9.17, 15) is 19.7 Å². The molecular formula is C16H13Cl2N3O5. The highest BCUT2D eigenvalue weighted by molar-refractivity contribution is 6.34. The molecule has 0 aliphatic carbocycles. The number of rotatable bonds is 5. The summed E-state index contributed by atoms with van der Waals surface area (Å²) >= 11 is 11.7. The summed E-state index contributed by atoms with van der Waals surface area (Å²) in [4.78, 5) is 34.4. The molecular weight excluding hydrogens is 385 g/mol. The number of non-ortho nitro benzene ring substituents is 1. The number of ether oxygens (including phenoxy) is 1. The number of nitrogens with two attached hydrogens (primary N) is 1. The van der Waals surface area contributed by atoms with Crippen molar-refractivity contribution >= 4 is 52.1 Å². The molecule has 0 spiro atoms. The summed E-state index contributed by atoms with van der Waals surface area (Å²) in [5, 5.41) is 13.6. The van der Waals surface area contributed by atoms with Gasteiger partial charge in [0.1, 0.15) is 0 Å². The van der Waals surface area contributed by atoms with Gasteiger partial charge in [-0.3, -0.25) is 14.9 Å². The number of nitro benzene ring substituents is 1. The molecule has 0 saturated carbocycles. The van der Waals surface area contributed by atoms with Crippen LogP contribution in [0.1, 0.15) is 17.3 Å². The van der Waals surface area contributed by atoms with Crippen molar-refractivity contribution in [3.8, 4) is 0 Å². The lowest BCUT2D eigenvalue weighted by molar-refractivity contribution is -0.384. The van der Waals surface area contributed by atoms with E-state index in [1.807, 2.05) is 0 Å². The normalized spacial score (nSPS) is 11.5. The van der Waals surface area contributed by atoms with Crippen LogP contribution < -0.4 is 11.1 Å². The third-order valence-corrected chi connectivity index (χ3v) is 3.98. The molecule has 0 fully saturated rings. The highest BCUT2D eigenvalue weighted by Crippen LogP contribution is 2.27. The Morgan fingerprint density at radius 2 is 1.85 bits per heavy atom. The lowest BCUT2D eigenvalue weighted by atomic mass is 10.2. The monoisotopic (exact) mass is 397 g/mol. The molecule has 0 bridgehead atoms. The Bertz CT molecular complexity index is 888. The van der Waals surface area contributed by atoms with Gasteiger partial charge in [0.05, 0.1) is 31.9 Å². The Hall–Kier alpha value is -2.84. The molecule has 0 aromatic heterocycles. The van der Waals surface area contributed by atoms with Gasteiger partial charge in [0, 0.05) is 12.1 Å². The zero-order valence-electron chi connectivity index (χ0n) is 13.4. The number of halogens is 2. The number of nitrogens with zero attached hydrogens (tertiary/aromatic N) is 1. The SMILES string of the molecule is CC(OC(=O)c1ccc(Cl)c(N)c1)C(=O)Nc1cc([N+](=O)[O-])ccc1Cl. The first-order chi connectivity index (χ1) is 12.2. The van der Waals surface area contributed by atoms with Crippen molar-refractivity contribution < 1.29 is 19.2 Å². The molecule has 26 heavy (non-hydrogen) atoms. The van der Waals surface area contributed by atoms with Crippen molar-refractivity contribution in [3.63, 3.8) is 0 Å². The number of amides is 1. The summed E-state index contributed by atoms with van der Waals surface area (Å²) in [6.07, 6.45) is -1.19. The molecule has 1 unspecified atom stereocenters. The molecule has 0 radical (unpaired) electrons. The highest BCUT2D eigenvalue weighted by Gasteiger charge is 2.21. The fourth-order valence-electron chi connectivity index (χ4n) is 1.91. The quantitative estimate of drug-likeness (QED) is 0.343. The molecule has 1 amide bonds. The Morgan fingerprint density at radius 3 is 2.46 bits per heavy atom. The second-order valence-corrected chi connectivity index (χ2v) is 6.01. The van der Waals surface area contributed by atoms with E-state index in [-0.39, 0.29) is 32.7 Å². The van der Waals surface area contributed by atoms with E-state index in [2.05, 4.69) is 5.32 Å². The van der Waals surface area contributed by atoms with Gasteiger partial charge in [-0.05, 0) is 31.2 Å². The Morgan fingerprint density at radius 1 is 1.19 bits per heavy atom. The Labute approximate surface area is 158 Å². The first kappa shape index (κ1) is 19.5. The van der Waals surface area contributed by atoms with Crippen LogP contribution in [0.5, 0.6) is 0 Å². The maximum absolute atomic E-state index is 12.2. The molecule has 136 valence electrons. The lowest BCUT2D eigenvalue weighted by Gasteiger charge is -2.14. The van der Waals surface area contributed by atoms with Crippen molar-refractivity contribution in [1.29, 1.82) is 0 Å². The van der Waals surface area contributed by atoms with E-state index in [1.54, 1.807) is 0 Å². The number of nitrogens with one attached hydrogen (secondary N) is 1. The summed E-state index contributed by atoms with van der Waals surface area (Å²) in [6, 6.07) is 7.75. The fourth-order valence-corrected chi connectivity index (χ4v) is 2.19. The van der Waals surface area contributed by atoms with Gasteiger partial charge in [0.25, 0.3) is 11.6 Å². The van der Waals surface area contributed by atoms with Gasteiger partial charge in [-0.2, -0.15) is 0 Å². The number of hydrogen-bond acceptors (Lipinski definition) is 6. The van der Waals surface area contributed by atoms with Crippen LogP contribution in [0.15, 0.2) is 36.4 Å². The van der Waals surface area contributed by atoms with Gasteiger partial charge >= 0.3 is 5.97 Å². The minimum Gasteiger partial charge on any atom is -0.449 e. The Balaban J connectivity index is 2.07. The predicted molar refractivity (Wildman–Crippen MR) is 97.5 cm³/mol. The van der Waals surface area contributed by atoms with E-state index in [0.717, 1.165) is 6.07 Å². The molecule has 0 saturated heterocycles. The minimum atomic E-state index is -1.19. The number of nitro groups is 1. The van der Waals surface area contributed by atoms with Crippen molar-refractivity contribution in [2.45, 2.75) is 13.0 Å². The maximum Gasteiger partial charge on any atom is 0.338 e. The largest absolute Gasteiger partial charge is 0.449 e. The fraction of sp³-hybridized carbons (Fsp3) is 0.125. The van der Waals surface area contributed by atoms with Crippen LogP contribution in [0.4, 0.5) is 17.1 Å². The Kier molecular flexibility index (Phi) is 6.01. The standard InChI is InChI=1S/C16H13Cl2N3O5/c1-8(26-16(23)9-2-4-11(17)13(19)6-9)15(22)20-14-7-10(21(24)25)3-5-12(14)18/h2-8H,19H2,1H3,(H,20,22). The van der Waals surface area contributed by atoms with Crippen molar-refractivity contribution in [2.24, 2.45) is 0 Å². The number of anilines is 2. The first-order valence-electron chi connectivity index (χ1n) is 7.20. The molecule has 0 aliphatic rings. The lowest BCUT2D eigenvalue weighted by Crippen LogP contribution is -2.30. The summed E-state index contributed by atoms with van der Waals surface area (Å²) < 4.78 is 5.06. The van der Waals surface area contributed by atoms with Crippen molar-refractivity contribution in [3.05, 3.63) is 62.1 Å². The van der Waals surface area contributed by atoms with Gasteiger partial charge in [0.2, 0.25) is 0 Å². The predicted octanol–water partition coefficient (Wildman–Crippen LogP) is 3.67. The molecule has 0 heterocycles. The number of esters is 1. The second-order valence-electron chi connectivity index (χ2n) is 5.19. The average molecular weight is 398 g/mol. The molecule has 1 atom stereocenters. The number of nitrogen functional groups attached to an aromatic ring is 1. The summed E-state index contributed by atoms with van der Waals surface area (Å²) in [5.41, 5.74) is 5.73. The topological polar surface area (TPSA) is 125 Å². The third-order valence-electron chi connectivity index (χ3n) is 3.30. The van der Waals surface area contributed by atoms with Crippen LogP contribution in [0, 0.1) is 10.1 Å². The molecule has 8 nitrogen and oxygen atoms in total. The molecule has 3 N–H and O–H groups in total. The van der Waals surface area contributed by atoms with Crippen molar-refractivity contribution in [2.75, 3.05) is 11.1 Å². The number of carbonyl (C=O) groups excluding carboxylic acids is 2. The number of hydrogen-bond donors (Lipinski definition) is 2. The zero-order chi connectivity index (χ0) is 19.4. The van der Waals surface area contributed by atoms with Crippen LogP contribution in [-0.2, 0) is 9.53 Å².